The first-order valence-electron chi connectivity index (χ1n) is 16.8. The smallest absolute Gasteiger partial charge is 0.323 e. The van der Waals surface area contributed by atoms with Crippen molar-refractivity contribution in [2.45, 2.75) is 64.1 Å². The summed E-state index contributed by atoms with van der Waals surface area (Å²) in [6, 6.07) is 32.1. The van der Waals surface area contributed by atoms with Gasteiger partial charge in [0.15, 0.2) is 6.29 Å². The SMILES string of the molecule is C[C@@H]1[C@H](CN2CCCCCCC2)O[C@H](c2ccc(NC(=O)Nc3ccc(Oc4ccccc4)cc3)cc2)O[C@@H]1c1ccc(CO)cc1. The van der Waals surface area contributed by atoms with Crippen molar-refractivity contribution < 1.29 is 24.1 Å². The van der Waals surface area contributed by atoms with Crippen LogP contribution in [0.1, 0.15) is 68.1 Å². The summed E-state index contributed by atoms with van der Waals surface area (Å²) >= 11 is 0. The van der Waals surface area contributed by atoms with E-state index in [0.717, 1.165) is 42.1 Å². The molecule has 6 rings (SSSR count). The Balaban J connectivity index is 1.10. The second kappa shape index (κ2) is 16.1. The average molecular weight is 636 g/mol. The summed E-state index contributed by atoms with van der Waals surface area (Å²) in [5.74, 6) is 1.58. The Labute approximate surface area is 277 Å². The predicted molar refractivity (Wildman–Crippen MR) is 185 cm³/mol. The van der Waals surface area contributed by atoms with Crippen LogP contribution in [0.2, 0.25) is 0 Å². The number of rotatable bonds is 9. The Morgan fingerprint density at radius 1 is 0.745 bits per heavy atom. The van der Waals surface area contributed by atoms with E-state index in [-0.39, 0.29) is 30.8 Å². The van der Waals surface area contributed by atoms with E-state index in [4.69, 9.17) is 14.2 Å². The molecule has 4 aromatic rings. The van der Waals surface area contributed by atoms with E-state index in [9.17, 15) is 9.90 Å². The highest BCUT2D eigenvalue weighted by Crippen LogP contribution is 2.42. The Hall–Kier alpha value is -4.21. The van der Waals surface area contributed by atoms with Crippen molar-refractivity contribution in [3.05, 3.63) is 120 Å². The third-order valence-corrected chi connectivity index (χ3v) is 9.04. The zero-order valence-electron chi connectivity index (χ0n) is 27.0. The van der Waals surface area contributed by atoms with Crippen molar-refractivity contribution in [1.82, 2.24) is 4.90 Å². The van der Waals surface area contributed by atoms with Crippen LogP contribution in [0.15, 0.2) is 103 Å². The third-order valence-electron chi connectivity index (χ3n) is 9.04. The van der Waals surface area contributed by atoms with Crippen molar-refractivity contribution in [2.24, 2.45) is 5.92 Å². The number of urea groups is 1. The van der Waals surface area contributed by atoms with Gasteiger partial charge in [0.25, 0.3) is 0 Å². The van der Waals surface area contributed by atoms with Gasteiger partial charge in [0.1, 0.15) is 11.5 Å². The molecule has 2 amide bonds. The number of benzene rings is 4. The largest absolute Gasteiger partial charge is 0.457 e. The fourth-order valence-electron chi connectivity index (χ4n) is 6.33. The van der Waals surface area contributed by atoms with Crippen LogP contribution in [-0.2, 0) is 16.1 Å². The Bertz CT molecular complexity index is 1540. The average Bonchev–Trinajstić information content (AvgIpc) is 3.08. The number of amides is 2. The summed E-state index contributed by atoms with van der Waals surface area (Å²) in [6.07, 6.45) is 5.64. The maximum absolute atomic E-state index is 12.8. The fourth-order valence-corrected chi connectivity index (χ4v) is 6.33. The number of likely N-dealkylation sites (tertiary alicyclic amines) is 1. The number of carbonyl (C=O) groups excluding carboxylic acids is 1. The lowest BCUT2D eigenvalue weighted by molar-refractivity contribution is -0.276. The molecule has 0 aliphatic carbocycles. The van der Waals surface area contributed by atoms with Gasteiger partial charge in [0.05, 0.1) is 18.8 Å². The molecule has 0 aromatic heterocycles. The molecule has 2 saturated heterocycles. The third kappa shape index (κ3) is 8.99. The number of nitrogens with one attached hydrogen (secondary N) is 2. The minimum Gasteiger partial charge on any atom is -0.457 e. The summed E-state index contributed by atoms with van der Waals surface area (Å²) in [4.78, 5) is 15.3. The Morgan fingerprint density at radius 3 is 1.96 bits per heavy atom. The van der Waals surface area contributed by atoms with E-state index in [1.807, 2.05) is 78.9 Å². The molecule has 8 nitrogen and oxygen atoms in total. The quantitative estimate of drug-likeness (QED) is 0.170. The first-order chi connectivity index (χ1) is 23.0. The van der Waals surface area contributed by atoms with Gasteiger partial charge in [-0.15, -0.1) is 0 Å². The molecule has 0 spiro atoms. The molecule has 47 heavy (non-hydrogen) atoms. The van der Waals surface area contributed by atoms with Crippen molar-refractivity contribution in [1.29, 1.82) is 0 Å². The molecular weight excluding hydrogens is 590 g/mol. The second-order valence-electron chi connectivity index (χ2n) is 12.5. The first-order valence-corrected chi connectivity index (χ1v) is 16.8. The van der Waals surface area contributed by atoms with E-state index < -0.39 is 6.29 Å². The second-order valence-corrected chi connectivity index (χ2v) is 12.5. The molecule has 0 bridgehead atoms. The number of hydrogen-bond acceptors (Lipinski definition) is 6. The summed E-state index contributed by atoms with van der Waals surface area (Å²) in [5.41, 5.74) is 4.17. The van der Waals surface area contributed by atoms with E-state index in [2.05, 4.69) is 34.6 Å². The highest BCUT2D eigenvalue weighted by Gasteiger charge is 2.39. The van der Waals surface area contributed by atoms with Crippen molar-refractivity contribution >= 4 is 17.4 Å². The van der Waals surface area contributed by atoms with Crippen LogP contribution >= 0.6 is 0 Å². The summed E-state index contributed by atoms with van der Waals surface area (Å²) in [5, 5.41) is 15.3. The molecular formula is C39H45N3O5. The minimum atomic E-state index is -0.548. The monoisotopic (exact) mass is 635 g/mol. The Kier molecular flexibility index (Phi) is 11.2. The van der Waals surface area contributed by atoms with Gasteiger partial charge in [0.2, 0.25) is 0 Å². The number of nitrogens with zero attached hydrogens (tertiary/aromatic N) is 1. The zero-order valence-corrected chi connectivity index (χ0v) is 27.0. The lowest BCUT2D eigenvalue weighted by Gasteiger charge is -2.43. The molecule has 0 saturated carbocycles. The number of hydrogen-bond donors (Lipinski definition) is 3. The van der Waals surface area contributed by atoms with Gasteiger partial charge in [0, 0.05) is 29.4 Å². The highest BCUT2D eigenvalue weighted by molar-refractivity contribution is 5.99. The summed E-state index contributed by atoms with van der Waals surface area (Å²) in [6.45, 7) is 5.29. The Morgan fingerprint density at radius 2 is 1.32 bits per heavy atom. The minimum absolute atomic E-state index is 0.0104. The summed E-state index contributed by atoms with van der Waals surface area (Å²) < 4.78 is 19.2. The van der Waals surface area contributed by atoms with E-state index in [1.54, 1.807) is 12.1 Å². The molecule has 4 atom stereocenters. The molecule has 246 valence electrons. The van der Waals surface area contributed by atoms with Crippen LogP contribution < -0.4 is 15.4 Å². The number of aliphatic hydroxyl groups excluding tert-OH is 1. The van der Waals surface area contributed by atoms with E-state index >= 15 is 0 Å². The first kappa shape index (κ1) is 32.7. The van der Waals surface area contributed by atoms with Crippen LogP contribution in [0.3, 0.4) is 0 Å². The normalized spacial score (nSPS) is 22.1. The topological polar surface area (TPSA) is 92.3 Å². The lowest BCUT2D eigenvalue weighted by atomic mass is 9.89. The number of aliphatic hydroxyl groups is 1. The molecule has 0 radical (unpaired) electrons. The van der Waals surface area contributed by atoms with Crippen LogP contribution in [0.25, 0.3) is 0 Å². The van der Waals surface area contributed by atoms with E-state index in [1.165, 1.54) is 32.1 Å². The van der Waals surface area contributed by atoms with Crippen molar-refractivity contribution in [3.63, 3.8) is 0 Å². The molecule has 0 unspecified atom stereocenters. The lowest BCUT2D eigenvalue weighted by Crippen LogP contribution is -2.45. The number of carbonyl (C=O) groups is 1. The van der Waals surface area contributed by atoms with Gasteiger partial charge in [-0.05, 0) is 85.6 Å². The van der Waals surface area contributed by atoms with Crippen LogP contribution in [-0.4, -0.2) is 41.8 Å². The van der Waals surface area contributed by atoms with Crippen LogP contribution in [0, 0.1) is 5.92 Å². The van der Waals surface area contributed by atoms with Gasteiger partial charge in [-0.2, -0.15) is 0 Å². The molecule has 2 aliphatic heterocycles. The van der Waals surface area contributed by atoms with Crippen LogP contribution in [0.4, 0.5) is 16.2 Å². The molecule has 2 aliphatic rings. The predicted octanol–water partition coefficient (Wildman–Crippen LogP) is 8.67. The maximum Gasteiger partial charge on any atom is 0.323 e. The van der Waals surface area contributed by atoms with Crippen LogP contribution in [0.5, 0.6) is 11.5 Å². The molecule has 3 N–H and O–H groups in total. The summed E-state index contributed by atoms with van der Waals surface area (Å²) in [7, 11) is 0. The van der Waals surface area contributed by atoms with Gasteiger partial charge in [-0.1, -0.05) is 80.8 Å². The highest BCUT2D eigenvalue weighted by atomic mass is 16.7. The fraction of sp³-hybridized carbons (Fsp3) is 0.359. The molecule has 2 fully saturated rings. The van der Waals surface area contributed by atoms with Crippen molar-refractivity contribution in [2.75, 3.05) is 30.3 Å². The zero-order chi connectivity index (χ0) is 32.4. The number of ether oxygens (including phenoxy) is 3. The molecule has 4 aromatic carbocycles. The van der Waals surface area contributed by atoms with Gasteiger partial charge >= 0.3 is 6.03 Å². The standard InChI is InChI=1S/C39H45N3O5/c1-28-36(26-42-24-8-3-2-4-9-25-42)46-38(47-37(28)30-14-12-29(27-43)13-15-30)31-16-18-32(19-17-31)40-39(44)41-33-20-22-35(23-21-33)45-34-10-6-5-7-11-34/h5-7,10-23,28,36-38,43H,2-4,8-9,24-27H2,1H3,(H2,40,41,44)/t28-,36+,37+,38+/m1/s1. The number of anilines is 2. The van der Waals surface area contributed by atoms with E-state index in [0.29, 0.717) is 17.1 Å². The number of para-hydroxylation sites is 1. The van der Waals surface area contributed by atoms with Gasteiger partial charge < -0.3 is 34.9 Å². The maximum atomic E-state index is 12.8. The van der Waals surface area contributed by atoms with Crippen molar-refractivity contribution in [3.8, 4) is 11.5 Å². The van der Waals surface area contributed by atoms with Gasteiger partial charge in [-0.3, -0.25) is 0 Å². The van der Waals surface area contributed by atoms with Gasteiger partial charge in [-0.25, -0.2) is 4.79 Å². The molecule has 8 heteroatoms. The molecule has 2 heterocycles.